The van der Waals surface area contributed by atoms with Gasteiger partial charge < -0.3 is 15.2 Å². The van der Waals surface area contributed by atoms with Crippen LogP contribution in [0.1, 0.15) is 44.2 Å². The third-order valence-electron chi connectivity index (χ3n) is 5.16. The van der Waals surface area contributed by atoms with Crippen molar-refractivity contribution in [3.8, 4) is 11.1 Å². The topological polar surface area (TPSA) is 98.9 Å². The minimum absolute atomic E-state index is 0.106. The monoisotopic (exact) mass is 424 g/mol. The van der Waals surface area contributed by atoms with Gasteiger partial charge in [-0.2, -0.15) is 0 Å². The van der Waals surface area contributed by atoms with E-state index in [2.05, 4.69) is 0 Å². The summed E-state index contributed by atoms with van der Waals surface area (Å²) in [4.78, 5) is 37.9. The van der Waals surface area contributed by atoms with Gasteiger partial charge in [-0.25, -0.2) is 9.59 Å². The maximum absolute atomic E-state index is 12.8. The zero-order valence-electron chi connectivity index (χ0n) is 18.3. The Bertz CT molecular complexity index is 950. The van der Waals surface area contributed by atoms with E-state index < -0.39 is 29.6 Å². The average molecular weight is 424 g/mol. The van der Waals surface area contributed by atoms with Crippen LogP contribution in [-0.2, 0) is 19.1 Å². The maximum atomic E-state index is 12.8. The van der Waals surface area contributed by atoms with E-state index in [4.69, 9.17) is 15.2 Å². The van der Waals surface area contributed by atoms with Gasteiger partial charge in [0.2, 0.25) is 5.91 Å². The molecule has 0 saturated heterocycles. The molecule has 2 amide bonds. The molecular formula is C24H28N2O5. The molecule has 164 valence electrons. The van der Waals surface area contributed by atoms with Gasteiger partial charge in [0.25, 0.3) is 0 Å². The van der Waals surface area contributed by atoms with Crippen molar-refractivity contribution in [2.75, 3.05) is 13.7 Å². The Kier molecular flexibility index (Phi) is 6.34. The third kappa shape index (κ3) is 5.05. The van der Waals surface area contributed by atoms with Crippen LogP contribution in [0, 0.1) is 0 Å². The number of likely N-dealkylation sites (N-methyl/N-ethyl adjacent to an activating group) is 1. The number of carbonyl (C=O) groups excluding carboxylic acids is 3. The Morgan fingerprint density at radius 3 is 2.00 bits per heavy atom. The van der Waals surface area contributed by atoms with Crippen molar-refractivity contribution < 1.29 is 23.9 Å². The fourth-order valence-corrected chi connectivity index (χ4v) is 3.76. The predicted molar refractivity (Wildman–Crippen MR) is 116 cm³/mol. The summed E-state index contributed by atoms with van der Waals surface area (Å²) in [6, 6.07) is 14.9. The van der Waals surface area contributed by atoms with E-state index in [1.165, 1.54) is 7.05 Å². The largest absolute Gasteiger partial charge is 0.458 e. The van der Waals surface area contributed by atoms with E-state index in [1.54, 1.807) is 20.8 Å². The van der Waals surface area contributed by atoms with E-state index in [0.717, 1.165) is 27.2 Å². The normalized spacial score (nSPS) is 13.7. The van der Waals surface area contributed by atoms with E-state index >= 15 is 0 Å². The smallest absolute Gasteiger partial charge is 0.410 e. The molecule has 1 atom stereocenters. The molecule has 0 aliphatic heterocycles. The molecule has 2 aromatic rings. The number of esters is 1. The number of fused-ring (bicyclic) bond motifs is 3. The summed E-state index contributed by atoms with van der Waals surface area (Å²) in [6.45, 7) is 5.23. The molecule has 7 nitrogen and oxygen atoms in total. The van der Waals surface area contributed by atoms with E-state index in [1.807, 2.05) is 48.5 Å². The maximum Gasteiger partial charge on any atom is 0.410 e. The van der Waals surface area contributed by atoms with Crippen molar-refractivity contribution in [3.05, 3.63) is 59.7 Å². The number of rotatable bonds is 6. The molecule has 0 saturated carbocycles. The van der Waals surface area contributed by atoms with E-state index in [9.17, 15) is 14.4 Å². The number of hydrogen-bond donors (Lipinski definition) is 1. The van der Waals surface area contributed by atoms with E-state index in [0.29, 0.717) is 0 Å². The second-order valence-corrected chi connectivity index (χ2v) is 8.63. The number of hydrogen-bond acceptors (Lipinski definition) is 5. The molecule has 31 heavy (non-hydrogen) atoms. The van der Waals surface area contributed by atoms with Crippen LogP contribution in [0.2, 0.25) is 0 Å². The number of carbonyl (C=O) groups is 3. The van der Waals surface area contributed by atoms with Crippen molar-refractivity contribution in [2.24, 2.45) is 5.73 Å². The van der Waals surface area contributed by atoms with Gasteiger partial charge in [0, 0.05) is 13.0 Å². The summed E-state index contributed by atoms with van der Waals surface area (Å²) in [5.41, 5.74) is 8.92. The molecule has 0 spiro atoms. The quantitative estimate of drug-likeness (QED) is 0.716. The van der Waals surface area contributed by atoms with Crippen LogP contribution in [0.4, 0.5) is 4.79 Å². The summed E-state index contributed by atoms with van der Waals surface area (Å²) in [6.07, 6.45) is -1.07. The van der Waals surface area contributed by atoms with Crippen LogP contribution in [0.3, 0.4) is 0 Å². The molecule has 1 aliphatic rings. The molecule has 2 N–H and O–H groups in total. The van der Waals surface area contributed by atoms with Crippen molar-refractivity contribution in [1.82, 2.24) is 4.90 Å². The van der Waals surface area contributed by atoms with Crippen LogP contribution in [0.15, 0.2) is 48.5 Å². The number of primary amides is 1. The second-order valence-electron chi connectivity index (χ2n) is 8.63. The van der Waals surface area contributed by atoms with Gasteiger partial charge in [-0.3, -0.25) is 9.69 Å². The average Bonchev–Trinajstić information content (AvgIpc) is 3.02. The van der Waals surface area contributed by atoms with Crippen molar-refractivity contribution in [2.45, 2.75) is 44.8 Å². The molecule has 0 bridgehead atoms. The Morgan fingerprint density at radius 2 is 1.52 bits per heavy atom. The van der Waals surface area contributed by atoms with Crippen LogP contribution >= 0.6 is 0 Å². The van der Waals surface area contributed by atoms with Gasteiger partial charge in [0.15, 0.2) is 0 Å². The van der Waals surface area contributed by atoms with Gasteiger partial charge >= 0.3 is 12.1 Å². The fourth-order valence-electron chi connectivity index (χ4n) is 3.76. The number of benzene rings is 2. The minimum Gasteiger partial charge on any atom is -0.458 e. The SMILES string of the molecule is CN(C(=O)OCC1c2ccccc2-c2ccccc21)[C@H](CC(N)=O)C(=O)OC(C)(C)C. The number of amides is 2. The van der Waals surface area contributed by atoms with Gasteiger partial charge in [0.05, 0.1) is 6.42 Å². The second kappa shape index (κ2) is 8.79. The van der Waals surface area contributed by atoms with Gasteiger partial charge in [-0.15, -0.1) is 0 Å². The first-order chi connectivity index (χ1) is 14.6. The molecule has 0 unspecified atom stereocenters. The lowest BCUT2D eigenvalue weighted by Crippen LogP contribution is -2.47. The Labute approximate surface area is 182 Å². The number of nitrogens with zero attached hydrogens (tertiary/aromatic N) is 1. The summed E-state index contributed by atoms with van der Waals surface area (Å²) in [7, 11) is 1.40. The molecule has 7 heteroatoms. The number of ether oxygens (including phenoxy) is 2. The predicted octanol–water partition coefficient (Wildman–Crippen LogP) is 3.45. The van der Waals surface area contributed by atoms with E-state index in [-0.39, 0.29) is 18.9 Å². The first-order valence-corrected chi connectivity index (χ1v) is 10.2. The minimum atomic E-state index is -1.16. The zero-order valence-corrected chi connectivity index (χ0v) is 18.3. The summed E-state index contributed by atoms with van der Waals surface area (Å²) in [5, 5.41) is 0. The molecule has 0 aromatic heterocycles. The highest BCUT2D eigenvalue weighted by Crippen LogP contribution is 2.44. The lowest BCUT2D eigenvalue weighted by Gasteiger charge is -2.29. The summed E-state index contributed by atoms with van der Waals surface area (Å²) < 4.78 is 10.9. The van der Waals surface area contributed by atoms with Crippen LogP contribution in [0.25, 0.3) is 11.1 Å². The highest BCUT2D eigenvalue weighted by atomic mass is 16.6. The highest BCUT2D eigenvalue weighted by molar-refractivity contribution is 5.87. The molecule has 0 heterocycles. The van der Waals surface area contributed by atoms with Crippen LogP contribution in [0.5, 0.6) is 0 Å². The Hall–Kier alpha value is -3.35. The zero-order chi connectivity index (χ0) is 22.8. The van der Waals surface area contributed by atoms with Crippen molar-refractivity contribution in [3.63, 3.8) is 0 Å². The summed E-state index contributed by atoms with van der Waals surface area (Å²) >= 11 is 0. The lowest BCUT2D eigenvalue weighted by atomic mass is 9.98. The van der Waals surface area contributed by atoms with Crippen molar-refractivity contribution >= 4 is 18.0 Å². The van der Waals surface area contributed by atoms with Gasteiger partial charge in [0.1, 0.15) is 18.2 Å². The first-order valence-electron chi connectivity index (χ1n) is 10.2. The molecule has 1 aliphatic carbocycles. The first kappa shape index (κ1) is 22.3. The standard InChI is InChI=1S/C24H28N2O5/c1-24(2,3)31-22(28)20(13-21(25)27)26(4)23(29)30-14-19-17-11-7-5-9-15(17)16-10-6-8-12-18(16)19/h5-12,19-20H,13-14H2,1-4H3,(H2,25,27)/t20-/m1/s1. The Morgan fingerprint density at radius 1 is 1.00 bits per heavy atom. The highest BCUT2D eigenvalue weighted by Gasteiger charge is 2.35. The molecule has 0 fully saturated rings. The lowest BCUT2D eigenvalue weighted by molar-refractivity contribution is -0.161. The van der Waals surface area contributed by atoms with Crippen molar-refractivity contribution in [1.29, 1.82) is 0 Å². The van der Waals surface area contributed by atoms with Gasteiger partial charge in [-0.1, -0.05) is 48.5 Å². The summed E-state index contributed by atoms with van der Waals surface area (Å²) in [5.74, 6) is -1.53. The molecule has 0 radical (unpaired) electrons. The van der Waals surface area contributed by atoms with Crippen LogP contribution in [-0.4, -0.2) is 48.2 Å². The molecule has 3 rings (SSSR count). The number of nitrogens with two attached hydrogens (primary N) is 1. The van der Waals surface area contributed by atoms with Gasteiger partial charge in [-0.05, 0) is 43.0 Å². The van der Waals surface area contributed by atoms with Crippen LogP contribution < -0.4 is 5.73 Å². The molecular weight excluding hydrogens is 396 g/mol. The fraction of sp³-hybridized carbons (Fsp3) is 0.375. The molecule has 2 aromatic carbocycles. The third-order valence-corrected chi connectivity index (χ3v) is 5.16. The Balaban J connectivity index is 1.74.